The van der Waals surface area contributed by atoms with Gasteiger partial charge in [0.1, 0.15) is 5.75 Å². The Morgan fingerprint density at radius 2 is 1.61 bits per heavy atom. The summed E-state index contributed by atoms with van der Waals surface area (Å²) in [4.78, 5) is 12.1. The van der Waals surface area contributed by atoms with Crippen molar-refractivity contribution in [2.75, 3.05) is 16.3 Å². The van der Waals surface area contributed by atoms with Crippen LogP contribution in [-0.2, 0) is 10.0 Å². The Morgan fingerprint density at radius 3 is 2.22 bits per heavy atom. The number of nitrogens with one attached hydrogen (secondary N) is 2. The maximum atomic E-state index is 12.1. The van der Waals surface area contributed by atoms with Crippen LogP contribution in [-0.4, -0.2) is 35.9 Å². The lowest BCUT2D eigenvalue weighted by Crippen LogP contribution is -2.14. The van der Waals surface area contributed by atoms with Crippen molar-refractivity contribution in [3.63, 3.8) is 0 Å². The topological polar surface area (TPSA) is 136 Å². The predicted molar refractivity (Wildman–Crippen MR) is 84.3 cm³/mol. The first-order valence-corrected chi connectivity index (χ1v) is 8.19. The molecule has 0 fully saturated rings. The number of anilines is 2. The molecule has 2 aromatic carbocycles. The minimum Gasteiger partial charge on any atom is -0.506 e. The molecule has 2 rings (SSSR count). The van der Waals surface area contributed by atoms with Crippen LogP contribution >= 0.6 is 0 Å². The van der Waals surface area contributed by atoms with Gasteiger partial charge in [0.15, 0.2) is 11.5 Å². The summed E-state index contributed by atoms with van der Waals surface area (Å²) in [5.74, 6) is -1.64. The van der Waals surface area contributed by atoms with E-state index in [9.17, 15) is 28.5 Å². The molecule has 0 atom stereocenters. The van der Waals surface area contributed by atoms with Crippen LogP contribution in [0.5, 0.6) is 17.2 Å². The van der Waals surface area contributed by atoms with Gasteiger partial charge in [0.2, 0.25) is 10.0 Å². The van der Waals surface area contributed by atoms with E-state index in [4.69, 9.17) is 0 Å². The summed E-state index contributed by atoms with van der Waals surface area (Å²) < 4.78 is 24.5. The zero-order valence-electron chi connectivity index (χ0n) is 11.9. The molecule has 0 bridgehead atoms. The van der Waals surface area contributed by atoms with Gasteiger partial charge in [-0.2, -0.15) is 0 Å². The molecular weight excluding hydrogens is 324 g/mol. The maximum Gasteiger partial charge on any atom is 0.255 e. The van der Waals surface area contributed by atoms with Gasteiger partial charge in [0.05, 0.1) is 11.9 Å². The van der Waals surface area contributed by atoms with E-state index >= 15 is 0 Å². The minimum atomic E-state index is -3.61. The first-order valence-electron chi connectivity index (χ1n) is 6.30. The van der Waals surface area contributed by atoms with Gasteiger partial charge in [-0.25, -0.2) is 8.42 Å². The number of sulfonamides is 1. The normalized spacial score (nSPS) is 11.0. The highest BCUT2D eigenvalue weighted by Gasteiger charge is 2.13. The van der Waals surface area contributed by atoms with Gasteiger partial charge in [0, 0.05) is 17.3 Å². The van der Waals surface area contributed by atoms with E-state index in [2.05, 4.69) is 10.0 Å². The first kappa shape index (κ1) is 16.4. The monoisotopic (exact) mass is 338 g/mol. The Hall–Kier alpha value is -2.94. The molecule has 0 aromatic heterocycles. The van der Waals surface area contributed by atoms with Crippen LogP contribution in [0.2, 0.25) is 0 Å². The number of carbonyl (C=O) groups excluding carboxylic acids is 1. The van der Waals surface area contributed by atoms with Crippen LogP contribution < -0.4 is 10.0 Å². The SMILES string of the molecule is CS(=O)(=O)Nc1cc(C(=O)Nc2ccc(O)c(O)c2)ccc1O. The molecule has 0 heterocycles. The Morgan fingerprint density at radius 1 is 0.957 bits per heavy atom. The fraction of sp³-hybridized carbons (Fsp3) is 0.0714. The van der Waals surface area contributed by atoms with Gasteiger partial charge < -0.3 is 20.6 Å². The number of carbonyl (C=O) groups is 1. The number of benzene rings is 2. The second-order valence-corrected chi connectivity index (χ2v) is 6.51. The summed E-state index contributed by atoms with van der Waals surface area (Å²) in [7, 11) is -3.61. The number of aromatic hydroxyl groups is 3. The van der Waals surface area contributed by atoms with Crippen LogP contribution in [0.4, 0.5) is 11.4 Å². The first-order chi connectivity index (χ1) is 10.7. The van der Waals surface area contributed by atoms with E-state index in [1.54, 1.807) is 0 Å². The Labute approximate surface area is 132 Å². The Kier molecular flexibility index (Phi) is 4.32. The van der Waals surface area contributed by atoms with E-state index < -0.39 is 21.7 Å². The quantitative estimate of drug-likeness (QED) is 0.422. The third kappa shape index (κ3) is 4.27. The van der Waals surface area contributed by atoms with Gasteiger partial charge in [0.25, 0.3) is 5.91 Å². The van der Waals surface area contributed by atoms with E-state index in [0.717, 1.165) is 12.3 Å². The second kappa shape index (κ2) is 6.05. The van der Waals surface area contributed by atoms with Crippen molar-refractivity contribution in [2.45, 2.75) is 0 Å². The van der Waals surface area contributed by atoms with Crippen molar-refractivity contribution in [3.8, 4) is 17.2 Å². The summed E-state index contributed by atoms with van der Waals surface area (Å²) in [6.07, 6.45) is 0.915. The van der Waals surface area contributed by atoms with E-state index in [-0.39, 0.29) is 28.4 Å². The lowest BCUT2D eigenvalue weighted by atomic mass is 10.1. The average molecular weight is 338 g/mol. The highest BCUT2D eigenvalue weighted by Crippen LogP contribution is 2.28. The van der Waals surface area contributed by atoms with Crippen LogP contribution in [0, 0.1) is 0 Å². The fourth-order valence-electron chi connectivity index (χ4n) is 1.76. The van der Waals surface area contributed by atoms with E-state index in [1.807, 2.05) is 0 Å². The number of rotatable bonds is 4. The van der Waals surface area contributed by atoms with Gasteiger partial charge in [-0.1, -0.05) is 0 Å². The number of phenolic OH excluding ortho intramolecular Hbond substituents is 3. The molecule has 0 unspecified atom stereocenters. The minimum absolute atomic E-state index is 0.0847. The molecule has 2 aromatic rings. The molecular formula is C14H14N2O6S. The zero-order chi connectivity index (χ0) is 17.2. The van der Waals surface area contributed by atoms with Crippen LogP contribution in [0.25, 0.3) is 0 Å². The Bertz CT molecular complexity index is 864. The zero-order valence-corrected chi connectivity index (χ0v) is 12.8. The molecule has 8 nitrogen and oxygen atoms in total. The molecule has 5 N–H and O–H groups in total. The van der Waals surface area contributed by atoms with Crippen molar-refractivity contribution < 1.29 is 28.5 Å². The second-order valence-electron chi connectivity index (χ2n) is 4.76. The smallest absolute Gasteiger partial charge is 0.255 e. The van der Waals surface area contributed by atoms with Crippen LogP contribution in [0.3, 0.4) is 0 Å². The molecule has 122 valence electrons. The molecule has 0 saturated heterocycles. The maximum absolute atomic E-state index is 12.1. The lowest BCUT2D eigenvalue weighted by molar-refractivity contribution is 0.102. The molecule has 0 aliphatic rings. The van der Waals surface area contributed by atoms with Crippen LogP contribution in [0.15, 0.2) is 36.4 Å². The molecule has 0 aliphatic heterocycles. The molecule has 23 heavy (non-hydrogen) atoms. The summed E-state index contributed by atoms with van der Waals surface area (Å²) in [6, 6.07) is 7.39. The highest BCUT2D eigenvalue weighted by atomic mass is 32.2. The van der Waals surface area contributed by atoms with Crippen molar-refractivity contribution in [1.82, 2.24) is 0 Å². The summed E-state index contributed by atoms with van der Waals surface area (Å²) >= 11 is 0. The third-order valence-corrected chi connectivity index (χ3v) is 3.38. The summed E-state index contributed by atoms with van der Waals surface area (Å²) in [5, 5.41) is 30.7. The van der Waals surface area contributed by atoms with Crippen molar-refractivity contribution in [3.05, 3.63) is 42.0 Å². The third-order valence-electron chi connectivity index (χ3n) is 2.79. The molecule has 9 heteroatoms. The molecule has 0 spiro atoms. The number of amides is 1. The van der Waals surface area contributed by atoms with E-state index in [1.165, 1.54) is 30.3 Å². The van der Waals surface area contributed by atoms with Crippen LogP contribution in [0.1, 0.15) is 10.4 Å². The van der Waals surface area contributed by atoms with Crippen molar-refractivity contribution in [1.29, 1.82) is 0 Å². The van der Waals surface area contributed by atoms with Crippen molar-refractivity contribution >= 4 is 27.3 Å². The molecule has 0 saturated carbocycles. The van der Waals surface area contributed by atoms with E-state index in [0.29, 0.717) is 0 Å². The van der Waals surface area contributed by atoms with Gasteiger partial charge in [-0.15, -0.1) is 0 Å². The summed E-state index contributed by atoms with van der Waals surface area (Å²) in [5.41, 5.74) is 0.186. The molecule has 0 radical (unpaired) electrons. The largest absolute Gasteiger partial charge is 0.506 e. The molecule has 0 aliphatic carbocycles. The molecule has 1 amide bonds. The predicted octanol–water partition coefficient (Wildman–Crippen LogP) is 1.43. The number of phenols is 3. The number of hydrogen-bond acceptors (Lipinski definition) is 6. The van der Waals surface area contributed by atoms with Crippen molar-refractivity contribution in [2.24, 2.45) is 0 Å². The standard InChI is InChI=1S/C14H14N2O6S/c1-23(21,22)16-10-6-8(2-4-11(10)17)14(20)15-9-3-5-12(18)13(19)7-9/h2-7,16-19H,1H3,(H,15,20). The van der Waals surface area contributed by atoms with Gasteiger partial charge >= 0.3 is 0 Å². The summed E-state index contributed by atoms with van der Waals surface area (Å²) in [6.45, 7) is 0. The average Bonchev–Trinajstić information content (AvgIpc) is 2.44. The Balaban J connectivity index is 2.25. The fourth-order valence-corrected chi connectivity index (χ4v) is 2.33. The highest BCUT2D eigenvalue weighted by molar-refractivity contribution is 7.92. The number of hydrogen-bond donors (Lipinski definition) is 5. The van der Waals surface area contributed by atoms with Gasteiger partial charge in [-0.05, 0) is 30.3 Å². The lowest BCUT2D eigenvalue weighted by Gasteiger charge is -2.10. The van der Waals surface area contributed by atoms with Gasteiger partial charge in [-0.3, -0.25) is 9.52 Å².